The topological polar surface area (TPSA) is 153 Å². The second-order valence-corrected chi connectivity index (χ2v) is 11.8. The van der Waals surface area contributed by atoms with Gasteiger partial charge in [0.2, 0.25) is 5.82 Å². The first-order valence-electron chi connectivity index (χ1n) is 13.3. The van der Waals surface area contributed by atoms with Crippen LogP contribution < -0.4 is 10.2 Å². The molecule has 13 nitrogen and oxygen atoms in total. The Morgan fingerprint density at radius 1 is 1.00 bits per heavy atom. The summed E-state index contributed by atoms with van der Waals surface area (Å²) in [5.74, 6) is -0.138. The van der Waals surface area contributed by atoms with Gasteiger partial charge in [-0.1, -0.05) is 6.07 Å². The number of anilines is 2. The molecule has 1 N–H and O–H groups in total. The summed E-state index contributed by atoms with van der Waals surface area (Å²) in [6.45, 7) is 12.6. The number of nitro groups is 1. The number of rotatable bonds is 7. The molecule has 0 bridgehead atoms. The molecule has 4 rings (SSSR count). The van der Waals surface area contributed by atoms with Crippen molar-refractivity contribution >= 4 is 40.2 Å². The lowest BCUT2D eigenvalue weighted by atomic mass is 9.98. The lowest BCUT2D eigenvalue weighted by Crippen LogP contribution is -2.48. The highest BCUT2D eigenvalue weighted by molar-refractivity contribution is 5.93. The number of hydroxylamine groups is 2. The number of hydrogen-bond acceptors (Lipinski definition) is 12. The summed E-state index contributed by atoms with van der Waals surface area (Å²) >= 11 is 0. The Hall–Kier alpha value is -4.39. The molecule has 2 aromatic heterocycles. The second-order valence-electron chi connectivity index (χ2n) is 11.8. The van der Waals surface area contributed by atoms with Crippen molar-refractivity contribution in [2.24, 2.45) is 5.41 Å². The van der Waals surface area contributed by atoms with Gasteiger partial charge < -0.3 is 19.8 Å². The maximum atomic E-state index is 12.3. The van der Waals surface area contributed by atoms with Crippen LogP contribution in [0.4, 0.5) is 17.3 Å². The summed E-state index contributed by atoms with van der Waals surface area (Å²) in [5, 5.41) is 17.0. The van der Waals surface area contributed by atoms with Crippen molar-refractivity contribution in [2.75, 3.05) is 42.9 Å². The fraction of sp³-hybridized carbons (Fsp3) is 0.464. The Morgan fingerprint density at radius 2 is 1.71 bits per heavy atom. The molecular formula is C28H35N7O6. The third kappa shape index (κ3) is 7.42. The first-order chi connectivity index (χ1) is 19.2. The van der Waals surface area contributed by atoms with Gasteiger partial charge in [0.25, 0.3) is 0 Å². The molecule has 3 aromatic rings. The minimum absolute atomic E-state index is 0.0283. The van der Waals surface area contributed by atoms with Gasteiger partial charge in [0.15, 0.2) is 0 Å². The Bertz CT molecular complexity index is 1460. The van der Waals surface area contributed by atoms with E-state index in [1.165, 1.54) is 18.6 Å². The van der Waals surface area contributed by atoms with Crippen LogP contribution in [0.25, 0.3) is 22.0 Å². The minimum atomic E-state index is -0.673. The summed E-state index contributed by atoms with van der Waals surface area (Å²) in [5.41, 5.74) is 0.408. The molecule has 218 valence electrons. The molecule has 1 aliphatic heterocycles. The normalized spacial score (nSPS) is 14.5. The van der Waals surface area contributed by atoms with Crippen molar-refractivity contribution in [3.05, 3.63) is 46.9 Å². The molecule has 41 heavy (non-hydrogen) atoms. The molecule has 0 radical (unpaired) electrons. The van der Waals surface area contributed by atoms with Gasteiger partial charge >= 0.3 is 17.6 Å². The first-order valence-corrected chi connectivity index (χ1v) is 13.3. The summed E-state index contributed by atoms with van der Waals surface area (Å²) in [7, 11) is 0. The van der Waals surface area contributed by atoms with Crippen LogP contribution in [0.15, 0.2) is 36.8 Å². The number of carbonyl (C=O) groups is 2. The molecule has 1 aromatic carbocycles. The largest absolute Gasteiger partial charge is 0.459 e. The van der Waals surface area contributed by atoms with E-state index in [0.29, 0.717) is 37.3 Å². The quantitative estimate of drug-likeness (QED) is 0.250. The maximum absolute atomic E-state index is 12.3. The fourth-order valence-corrected chi connectivity index (χ4v) is 4.14. The molecule has 0 saturated carbocycles. The molecule has 3 heterocycles. The van der Waals surface area contributed by atoms with E-state index in [9.17, 15) is 19.7 Å². The lowest BCUT2D eigenvalue weighted by molar-refractivity contribution is -0.384. The van der Waals surface area contributed by atoms with E-state index in [1.54, 1.807) is 25.8 Å². The standard InChI is InChI=1S/C28H35N7O6/c1-27(2,3)26(37)41-34-11-9-33(10-12-34)25-20-13-18(7-8-21(20)31-17-32-25)19-14-22(35(38)39)24(29-15-19)30-16-23(36)40-28(4,5)6/h7-8,13-15,17H,9-12,16H2,1-6H3,(H,29,30). The SMILES string of the molecule is CC(C)(C)OC(=O)CNc1ncc(-c2ccc3ncnc(N4CCN(OC(=O)C(C)(C)C)CC4)c3c2)cc1[N+](=O)[O-]. The molecular weight excluding hydrogens is 530 g/mol. The zero-order valence-electron chi connectivity index (χ0n) is 24.1. The zero-order valence-corrected chi connectivity index (χ0v) is 24.1. The van der Waals surface area contributed by atoms with Crippen molar-refractivity contribution < 1.29 is 24.1 Å². The summed E-state index contributed by atoms with van der Waals surface area (Å²) in [6.07, 6.45) is 3.01. The van der Waals surface area contributed by atoms with Gasteiger partial charge in [0.05, 0.1) is 28.9 Å². The number of hydrogen-bond donors (Lipinski definition) is 1. The predicted molar refractivity (Wildman–Crippen MR) is 153 cm³/mol. The molecule has 1 fully saturated rings. The van der Waals surface area contributed by atoms with Gasteiger partial charge in [-0.2, -0.15) is 0 Å². The lowest BCUT2D eigenvalue weighted by Gasteiger charge is -2.35. The fourth-order valence-electron chi connectivity index (χ4n) is 4.14. The van der Waals surface area contributed by atoms with Gasteiger partial charge in [-0.25, -0.2) is 19.7 Å². The number of benzene rings is 1. The van der Waals surface area contributed by atoms with E-state index in [0.717, 1.165) is 16.7 Å². The number of nitrogens with zero attached hydrogens (tertiary/aromatic N) is 6. The van der Waals surface area contributed by atoms with Crippen LogP contribution in [0.3, 0.4) is 0 Å². The highest BCUT2D eigenvalue weighted by Gasteiger charge is 2.29. The van der Waals surface area contributed by atoms with E-state index in [-0.39, 0.29) is 24.0 Å². The van der Waals surface area contributed by atoms with E-state index < -0.39 is 21.9 Å². The van der Waals surface area contributed by atoms with Crippen LogP contribution in [-0.4, -0.2) is 75.2 Å². The smallest absolute Gasteiger partial charge is 0.330 e. The van der Waals surface area contributed by atoms with E-state index in [1.807, 2.05) is 39.0 Å². The van der Waals surface area contributed by atoms with Crippen LogP contribution in [-0.2, 0) is 19.2 Å². The van der Waals surface area contributed by atoms with Crippen molar-refractivity contribution in [3.8, 4) is 11.1 Å². The molecule has 0 atom stereocenters. The molecule has 0 spiro atoms. The molecule has 0 amide bonds. The molecule has 1 saturated heterocycles. The third-order valence-corrected chi connectivity index (χ3v) is 6.19. The van der Waals surface area contributed by atoms with Gasteiger partial charge in [-0.3, -0.25) is 14.9 Å². The van der Waals surface area contributed by atoms with Crippen molar-refractivity contribution in [2.45, 2.75) is 47.1 Å². The minimum Gasteiger partial charge on any atom is -0.459 e. The Kier molecular flexibility index (Phi) is 8.38. The van der Waals surface area contributed by atoms with Crippen LogP contribution in [0.2, 0.25) is 0 Å². The average molecular weight is 566 g/mol. The van der Waals surface area contributed by atoms with E-state index in [4.69, 9.17) is 9.57 Å². The van der Waals surface area contributed by atoms with Gasteiger partial charge in [0, 0.05) is 36.3 Å². The number of pyridine rings is 1. The van der Waals surface area contributed by atoms with Crippen molar-refractivity contribution in [3.63, 3.8) is 0 Å². The second kappa shape index (κ2) is 11.6. The van der Waals surface area contributed by atoms with Gasteiger partial charge in [-0.05, 0) is 59.2 Å². The predicted octanol–water partition coefficient (Wildman–Crippen LogP) is 3.98. The van der Waals surface area contributed by atoms with Crippen LogP contribution in [0, 0.1) is 15.5 Å². The van der Waals surface area contributed by atoms with E-state index in [2.05, 4.69) is 25.2 Å². The Labute approximate surface area is 238 Å². The van der Waals surface area contributed by atoms with Crippen molar-refractivity contribution in [1.82, 2.24) is 20.0 Å². The highest BCUT2D eigenvalue weighted by Crippen LogP contribution is 2.32. The summed E-state index contributed by atoms with van der Waals surface area (Å²) < 4.78 is 5.25. The summed E-state index contributed by atoms with van der Waals surface area (Å²) in [6, 6.07) is 6.94. The monoisotopic (exact) mass is 565 g/mol. The summed E-state index contributed by atoms with van der Waals surface area (Å²) in [4.78, 5) is 56.4. The van der Waals surface area contributed by atoms with Crippen molar-refractivity contribution in [1.29, 1.82) is 0 Å². The third-order valence-electron chi connectivity index (χ3n) is 6.19. The average Bonchev–Trinajstić information content (AvgIpc) is 2.90. The van der Waals surface area contributed by atoms with E-state index >= 15 is 0 Å². The number of ether oxygens (including phenoxy) is 1. The number of fused-ring (bicyclic) bond motifs is 1. The zero-order chi connectivity index (χ0) is 29.9. The molecule has 0 unspecified atom stereocenters. The number of esters is 1. The first kappa shape index (κ1) is 29.6. The van der Waals surface area contributed by atoms with Crippen LogP contribution in [0.1, 0.15) is 41.5 Å². The van der Waals surface area contributed by atoms with Gasteiger partial charge in [0.1, 0.15) is 24.3 Å². The Morgan fingerprint density at radius 3 is 2.34 bits per heavy atom. The molecule has 0 aliphatic carbocycles. The number of carbonyl (C=O) groups excluding carboxylic acids is 2. The molecule has 13 heteroatoms. The highest BCUT2D eigenvalue weighted by atomic mass is 16.7. The maximum Gasteiger partial charge on any atom is 0.330 e. The van der Waals surface area contributed by atoms with Crippen LogP contribution in [0.5, 0.6) is 0 Å². The van der Waals surface area contributed by atoms with Crippen LogP contribution >= 0.6 is 0 Å². The molecule has 1 aliphatic rings. The number of piperazine rings is 1. The van der Waals surface area contributed by atoms with Gasteiger partial charge in [-0.15, -0.1) is 5.06 Å². The number of aromatic nitrogens is 3. The number of nitrogens with one attached hydrogen (secondary N) is 1. The Balaban J connectivity index is 1.55.